The Bertz CT molecular complexity index is 637. The van der Waals surface area contributed by atoms with E-state index < -0.39 is 11.8 Å². The van der Waals surface area contributed by atoms with Crippen LogP contribution in [0.3, 0.4) is 0 Å². The zero-order valence-corrected chi connectivity index (χ0v) is 12.7. The molecule has 2 rings (SSSR count). The van der Waals surface area contributed by atoms with Crippen LogP contribution < -0.4 is 10.6 Å². The molecule has 0 fully saturated rings. The number of anilines is 1. The fourth-order valence-electron chi connectivity index (χ4n) is 1.90. The maximum Gasteiger partial charge on any atom is 0.313 e. The molecule has 1 aromatic heterocycles. The molecule has 5 heteroatoms. The molecule has 2 N–H and O–H groups in total. The molecular formula is C17H19N3O2. The second-order valence-corrected chi connectivity index (χ2v) is 5.27. The normalized spacial score (nSPS) is 10.3. The molecule has 0 aliphatic rings. The lowest BCUT2D eigenvalue weighted by Crippen LogP contribution is -2.34. The third kappa shape index (κ3) is 4.41. The molecule has 1 aromatic carbocycles. The molecule has 1 heterocycles. The van der Waals surface area contributed by atoms with Gasteiger partial charge in [-0.15, -0.1) is 0 Å². The Kier molecular flexibility index (Phi) is 5.25. The Hall–Kier alpha value is -2.69. The number of amides is 2. The van der Waals surface area contributed by atoms with Crippen molar-refractivity contribution in [1.29, 1.82) is 0 Å². The van der Waals surface area contributed by atoms with E-state index in [9.17, 15) is 9.59 Å². The monoisotopic (exact) mass is 297 g/mol. The van der Waals surface area contributed by atoms with E-state index in [-0.39, 0.29) is 0 Å². The first-order valence-electron chi connectivity index (χ1n) is 7.14. The van der Waals surface area contributed by atoms with Gasteiger partial charge in [0.05, 0.1) is 0 Å². The molecule has 114 valence electrons. The molecule has 5 nitrogen and oxygen atoms in total. The van der Waals surface area contributed by atoms with E-state index in [1.165, 1.54) is 5.56 Å². The quantitative estimate of drug-likeness (QED) is 0.852. The first-order chi connectivity index (χ1) is 10.6. The number of pyridine rings is 1. The van der Waals surface area contributed by atoms with Gasteiger partial charge in [-0.05, 0) is 41.3 Å². The zero-order chi connectivity index (χ0) is 15.9. The van der Waals surface area contributed by atoms with Crippen LogP contribution in [0.1, 0.15) is 30.9 Å². The molecule has 0 radical (unpaired) electrons. The number of nitrogens with zero attached hydrogens (tertiary/aromatic N) is 1. The average molecular weight is 297 g/mol. The predicted octanol–water partition coefficient (Wildman–Crippen LogP) is 2.46. The van der Waals surface area contributed by atoms with E-state index in [0.29, 0.717) is 18.2 Å². The Morgan fingerprint density at radius 3 is 2.23 bits per heavy atom. The van der Waals surface area contributed by atoms with E-state index >= 15 is 0 Å². The van der Waals surface area contributed by atoms with Crippen LogP contribution in [-0.2, 0) is 16.1 Å². The van der Waals surface area contributed by atoms with Crippen molar-refractivity contribution in [2.75, 3.05) is 5.32 Å². The van der Waals surface area contributed by atoms with Crippen LogP contribution in [0.4, 0.5) is 5.69 Å². The molecule has 0 unspecified atom stereocenters. The van der Waals surface area contributed by atoms with Gasteiger partial charge in [0.1, 0.15) is 0 Å². The van der Waals surface area contributed by atoms with Crippen LogP contribution in [0, 0.1) is 0 Å². The third-order valence-electron chi connectivity index (χ3n) is 3.24. The first kappa shape index (κ1) is 15.7. The highest BCUT2D eigenvalue weighted by atomic mass is 16.2. The van der Waals surface area contributed by atoms with Crippen LogP contribution in [0.15, 0.2) is 48.8 Å². The fourth-order valence-corrected chi connectivity index (χ4v) is 1.90. The second kappa shape index (κ2) is 7.36. The van der Waals surface area contributed by atoms with Gasteiger partial charge in [0, 0.05) is 24.6 Å². The van der Waals surface area contributed by atoms with E-state index in [1.54, 1.807) is 36.7 Å². The van der Waals surface area contributed by atoms with E-state index in [4.69, 9.17) is 0 Å². The molecule has 22 heavy (non-hydrogen) atoms. The number of hydrogen-bond donors (Lipinski definition) is 2. The molecular weight excluding hydrogens is 278 g/mol. The van der Waals surface area contributed by atoms with Gasteiger partial charge in [0.2, 0.25) is 0 Å². The van der Waals surface area contributed by atoms with Crippen molar-refractivity contribution in [3.05, 3.63) is 59.9 Å². The Morgan fingerprint density at radius 2 is 1.64 bits per heavy atom. The van der Waals surface area contributed by atoms with Crippen LogP contribution in [0.2, 0.25) is 0 Å². The molecule has 2 amide bonds. The summed E-state index contributed by atoms with van der Waals surface area (Å²) in [5.74, 6) is -0.912. The molecule has 0 bridgehead atoms. The molecule has 0 saturated heterocycles. The van der Waals surface area contributed by atoms with E-state index in [2.05, 4.69) is 29.5 Å². The lowest BCUT2D eigenvalue weighted by molar-refractivity contribution is -0.136. The van der Waals surface area contributed by atoms with Gasteiger partial charge in [-0.3, -0.25) is 14.6 Å². The molecule has 0 aliphatic carbocycles. The summed E-state index contributed by atoms with van der Waals surface area (Å²) in [5.41, 5.74) is 2.67. The Labute approximate surface area is 129 Å². The van der Waals surface area contributed by atoms with Crippen molar-refractivity contribution >= 4 is 17.5 Å². The SMILES string of the molecule is CC(C)c1ccc(NC(=O)C(=O)NCc2ccncc2)cc1. The number of carbonyl (C=O) groups excluding carboxylic acids is 2. The topological polar surface area (TPSA) is 71.1 Å². The fraction of sp³-hybridized carbons (Fsp3) is 0.235. The van der Waals surface area contributed by atoms with Crippen LogP contribution >= 0.6 is 0 Å². The van der Waals surface area contributed by atoms with Crippen LogP contribution in [0.25, 0.3) is 0 Å². The maximum atomic E-state index is 11.8. The standard InChI is InChI=1S/C17H19N3O2/c1-12(2)14-3-5-15(6-4-14)20-17(22)16(21)19-11-13-7-9-18-10-8-13/h3-10,12H,11H2,1-2H3,(H,19,21)(H,20,22). The first-order valence-corrected chi connectivity index (χ1v) is 7.14. The summed E-state index contributed by atoms with van der Waals surface area (Å²) >= 11 is 0. The minimum atomic E-state index is -0.675. The van der Waals surface area contributed by atoms with Gasteiger partial charge in [0.15, 0.2) is 0 Å². The van der Waals surface area contributed by atoms with Gasteiger partial charge in [-0.1, -0.05) is 26.0 Å². The van der Waals surface area contributed by atoms with Gasteiger partial charge in [-0.2, -0.15) is 0 Å². The lowest BCUT2D eigenvalue weighted by Gasteiger charge is -2.09. The summed E-state index contributed by atoms with van der Waals surface area (Å²) in [7, 11) is 0. The summed E-state index contributed by atoms with van der Waals surface area (Å²) in [4.78, 5) is 27.5. The summed E-state index contributed by atoms with van der Waals surface area (Å²) in [6, 6.07) is 11.0. The molecule has 0 spiro atoms. The largest absolute Gasteiger partial charge is 0.344 e. The summed E-state index contributed by atoms with van der Waals surface area (Å²) in [6.45, 7) is 4.49. The number of benzene rings is 1. The number of nitrogens with one attached hydrogen (secondary N) is 2. The summed E-state index contributed by atoms with van der Waals surface area (Å²) in [5, 5.41) is 5.15. The third-order valence-corrected chi connectivity index (χ3v) is 3.24. The minimum absolute atomic E-state index is 0.293. The van der Waals surface area contributed by atoms with Crippen molar-refractivity contribution < 1.29 is 9.59 Å². The molecule has 2 aromatic rings. The van der Waals surface area contributed by atoms with Crippen molar-refractivity contribution in [3.63, 3.8) is 0 Å². The lowest BCUT2D eigenvalue weighted by atomic mass is 10.0. The van der Waals surface area contributed by atoms with Gasteiger partial charge >= 0.3 is 11.8 Å². The average Bonchev–Trinajstić information content (AvgIpc) is 2.54. The van der Waals surface area contributed by atoms with E-state index in [0.717, 1.165) is 5.56 Å². The zero-order valence-electron chi connectivity index (χ0n) is 12.7. The minimum Gasteiger partial charge on any atom is -0.344 e. The highest BCUT2D eigenvalue weighted by molar-refractivity contribution is 6.39. The number of aromatic nitrogens is 1. The molecule has 0 aliphatic heterocycles. The highest BCUT2D eigenvalue weighted by Gasteiger charge is 2.13. The Morgan fingerprint density at radius 1 is 1.00 bits per heavy atom. The van der Waals surface area contributed by atoms with Crippen molar-refractivity contribution in [3.8, 4) is 0 Å². The molecule has 0 saturated carbocycles. The molecule has 0 atom stereocenters. The predicted molar refractivity (Wildman–Crippen MR) is 85.2 cm³/mol. The summed E-state index contributed by atoms with van der Waals surface area (Å²) in [6.07, 6.45) is 3.27. The van der Waals surface area contributed by atoms with Crippen LogP contribution in [-0.4, -0.2) is 16.8 Å². The number of carbonyl (C=O) groups is 2. The van der Waals surface area contributed by atoms with Gasteiger partial charge in [-0.25, -0.2) is 0 Å². The smallest absolute Gasteiger partial charge is 0.313 e. The number of rotatable bonds is 4. The van der Waals surface area contributed by atoms with E-state index in [1.807, 2.05) is 12.1 Å². The maximum absolute atomic E-state index is 11.8. The van der Waals surface area contributed by atoms with Gasteiger partial charge in [0.25, 0.3) is 0 Å². The second-order valence-electron chi connectivity index (χ2n) is 5.27. The van der Waals surface area contributed by atoms with Crippen molar-refractivity contribution in [2.24, 2.45) is 0 Å². The summed E-state index contributed by atoms with van der Waals surface area (Å²) < 4.78 is 0. The van der Waals surface area contributed by atoms with Crippen LogP contribution in [0.5, 0.6) is 0 Å². The number of hydrogen-bond acceptors (Lipinski definition) is 3. The Balaban J connectivity index is 1.87. The van der Waals surface area contributed by atoms with Crippen molar-refractivity contribution in [2.45, 2.75) is 26.3 Å². The highest BCUT2D eigenvalue weighted by Crippen LogP contribution is 2.16. The van der Waals surface area contributed by atoms with Crippen molar-refractivity contribution in [1.82, 2.24) is 10.3 Å². The van der Waals surface area contributed by atoms with Gasteiger partial charge < -0.3 is 10.6 Å².